The summed E-state index contributed by atoms with van der Waals surface area (Å²) in [7, 11) is -3.57. The Bertz CT molecular complexity index is 1310. The molecule has 2 unspecified atom stereocenters. The lowest BCUT2D eigenvalue weighted by Crippen LogP contribution is -2.39. The summed E-state index contributed by atoms with van der Waals surface area (Å²) in [5.74, 6) is 0.148. The van der Waals surface area contributed by atoms with Gasteiger partial charge in [0.1, 0.15) is 0 Å². The van der Waals surface area contributed by atoms with Crippen molar-refractivity contribution in [1.82, 2.24) is 9.29 Å². The molecule has 0 bridgehead atoms. The minimum atomic E-state index is -3.57. The summed E-state index contributed by atoms with van der Waals surface area (Å²) in [6.45, 7) is 6.31. The molecule has 2 aliphatic rings. The Balaban J connectivity index is 1.42. The van der Waals surface area contributed by atoms with Gasteiger partial charge in [0.2, 0.25) is 10.0 Å². The fraction of sp³-hybridized carbons (Fsp3) is 0.462. The fourth-order valence-electron chi connectivity index (χ4n) is 4.81. The van der Waals surface area contributed by atoms with E-state index in [1.54, 1.807) is 33.5 Å². The van der Waals surface area contributed by atoms with Gasteiger partial charge in [-0.2, -0.15) is 4.31 Å². The van der Waals surface area contributed by atoms with E-state index in [1.165, 1.54) is 11.3 Å². The number of fused-ring (bicyclic) bond motifs is 1. The first-order chi connectivity index (χ1) is 16.8. The van der Waals surface area contributed by atoms with Crippen molar-refractivity contribution in [3.8, 4) is 0 Å². The number of piperidine rings is 1. The van der Waals surface area contributed by atoms with Gasteiger partial charge < -0.3 is 4.74 Å². The number of rotatable bonds is 6. The molecule has 7 nitrogen and oxygen atoms in total. The van der Waals surface area contributed by atoms with E-state index in [0.29, 0.717) is 42.9 Å². The van der Waals surface area contributed by atoms with Crippen LogP contribution in [0.4, 0.5) is 5.13 Å². The number of amides is 1. The molecule has 35 heavy (non-hydrogen) atoms. The van der Waals surface area contributed by atoms with Gasteiger partial charge in [0, 0.05) is 25.3 Å². The predicted octanol–water partition coefficient (Wildman–Crippen LogP) is 4.85. The van der Waals surface area contributed by atoms with Crippen LogP contribution in [0, 0.1) is 12.8 Å². The molecule has 186 valence electrons. The van der Waals surface area contributed by atoms with E-state index in [4.69, 9.17) is 9.72 Å². The predicted molar refractivity (Wildman–Crippen MR) is 139 cm³/mol. The molecule has 2 saturated heterocycles. The van der Waals surface area contributed by atoms with Gasteiger partial charge in [-0.3, -0.25) is 9.69 Å². The molecule has 1 aromatic heterocycles. The number of aromatic nitrogens is 1. The standard InChI is InChI=1S/C26H31N3O4S2/c1-18-7-12-23-24(15-18)34-26(27-23)29(17-21-6-4-14-33-21)25(30)20-8-10-22(11-9-20)35(31,32)28-13-3-5-19(2)16-28/h7-12,15,19,21H,3-6,13-14,16-17H2,1-2H3. The van der Waals surface area contributed by atoms with E-state index in [2.05, 4.69) is 13.0 Å². The van der Waals surface area contributed by atoms with Crippen LogP contribution < -0.4 is 4.90 Å². The summed E-state index contributed by atoms with van der Waals surface area (Å²) in [6.07, 6.45) is 3.77. The Hall–Kier alpha value is -2.33. The number of carbonyl (C=O) groups is 1. The summed E-state index contributed by atoms with van der Waals surface area (Å²) >= 11 is 1.49. The molecule has 2 aliphatic heterocycles. The first-order valence-corrected chi connectivity index (χ1v) is 14.5. The topological polar surface area (TPSA) is 79.8 Å². The zero-order chi connectivity index (χ0) is 24.6. The van der Waals surface area contributed by atoms with Crippen LogP contribution in [0.5, 0.6) is 0 Å². The van der Waals surface area contributed by atoms with Crippen LogP contribution in [0.2, 0.25) is 0 Å². The molecule has 0 radical (unpaired) electrons. The maximum Gasteiger partial charge on any atom is 0.260 e. The number of ether oxygens (including phenoxy) is 1. The Labute approximate surface area is 210 Å². The minimum Gasteiger partial charge on any atom is -0.376 e. The van der Waals surface area contributed by atoms with Gasteiger partial charge >= 0.3 is 0 Å². The van der Waals surface area contributed by atoms with Crippen molar-refractivity contribution in [3.05, 3.63) is 53.6 Å². The molecule has 3 heterocycles. The Morgan fingerprint density at radius 2 is 1.97 bits per heavy atom. The number of aryl methyl sites for hydroxylation is 1. The third kappa shape index (κ3) is 5.14. The summed E-state index contributed by atoms with van der Waals surface area (Å²) in [5.41, 5.74) is 2.44. The van der Waals surface area contributed by atoms with Crippen LogP contribution in [0.3, 0.4) is 0 Å². The SMILES string of the molecule is Cc1ccc2nc(N(CC3CCCO3)C(=O)c3ccc(S(=O)(=O)N4CCCC(C)C4)cc3)sc2c1. The maximum atomic E-state index is 13.7. The van der Waals surface area contributed by atoms with Crippen LogP contribution in [0.1, 0.15) is 48.5 Å². The van der Waals surface area contributed by atoms with Gasteiger partial charge in [0.15, 0.2) is 5.13 Å². The van der Waals surface area contributed by atoms with Crippen molar-refractivity contribution in [1.29, 1.82) is 0 Å². The first kappa shape index (κ1) is 24.4. The number of sulfonamides is 1. The van der Waals surface area contributed by atoms with Crippen molar-refractivity contribution in [3.63, 3.8) is 0 Å². The Morgan fingerprint density at radius 3 is 2.69 bits per heavy atom. The quantitative estimate of drug-likeness (QED) is 0.471. The molecule has 2 aromatic carbocycles. The van der Waals surface area contributed by atoms with Gasteiger partial charge in [-0.05, 0) is 80.5 Å². The third-order valence-electron chi connectivity index (χ3n) is 6.78. The Kier molecular flexibility index (Phi) is 6.94. The second kappa shape index (κ2) is 9.97. The van der Waals surface area contributed by atoms with E-state index < -0.39 is 10.0 Å². The zero-order valence-electron chi connectivity index (χ0n) is 20.1. The highest BCUT2D eigenvalue weighted by molar-refractivity contribution is 7.89. The van der Waals surface area contributed by atoms with Crippen LogP contribution in [-0.4, -0.2) is 56.0 Å². The number of benzene rings is 2. The van der Waals surface area contributed by atoms with E-state index >= 15 is 0 Å². The minimum absolute atomic E-state index is 0.0339. The lowest BCUT2D eigenvalue weighted by molar-refractivity contribution is 0.0917. The number of thiazole rings is 1. The van der Waals surface area contributed by atoms with Crippen molar-refractivity contribution >= 4 is 42.6 Å². The summed E-state index contributed by atoms with van der Waals surface area (Å²) in [4.78, 5) is 20.3. The molecule has 3 aromatic rings. The molecule has 0 aliphatic carbocycles. The molecule has 2 fully saturated rings. The molecule has 1 amide bonds. The van der Waals surface area contributed by atoms with Crippen molar-refractivity contribution in [2.45, 2.75) is 50.5 Å². The van der Waals surface area contributed by atoms with Gasteiger partial charge in [-0.15, -0.1) is 0 Å². The van der Waals surface area contributed by atoms with Gasteiger partial charge in [-0.1, -0.05) is 24.3 Å². The number of nitrogens with zero attached hydrogens (tertiary/aromatic N) is 3. The zero-order valence-corrected chi connectivity index (χ0v) is 21.8. The average Bonchev–Trinajstić information content (AvgIpc) is 3.51. The molecular weight excluding hydrogens is 482 g/mol. The van der Waals surface area contributed by atoms with E-state index in [0.717, 1.165) is 41.5 Å². The third-order valence-corrected chi connectivity index (χ3v) is 9.70. The van der Waals surface area contributed by atoms with Gasteiger partial charge in [0.05, 0.1) is 27.8 Å². The van der Waals surface area contributed by atoms with Crippen LogP contribution in [0.25, 0.3) is 10.2 Å². The first-order valence-electron chi connectivity index (χ1n) is 12.2. The number of carbonyl (C=O) groups excluding carboxylic acids is 1. The lowest BCUT2D eigenvalue weighted by Gasteiger charge is -2.30. The summed E-state index contributed by atoms with van der Waals surface area (Å²) in [6, 6.07) is 12.4. The molecule has 0 saturated carbocycles. The summed E-state index contributed by atoms with van der Waals surface area (Å²) in [5, 5.41) is 0.630. The van der Waals surface area contributed by atoms with Gasteiger partial charge in [-0.25, -0.2) is 13.4 Å². The molecule has 0 N–H and O–H groups in total. The fourth-order valence-corrected chi connectivity index (χ4v) is 7.48. The Morgan fingerprint density at radius 1 is 1.17 bits per heavy atom. The number of hydrogen-bond donors (Lipinski definition) is 0. The second-order valence-corrected chi connectivity index (χ2v) is 12.6. The van der Waals surface area contributed by atoms with Crippen molar-refractivity contribution in [2.24, 2.45) is 5.92 Å². The molecule has 2 atom stereocenters. The smallest absolute Gasteiger partial charge is 0.260 e. The van der Waals surface area contributed by atoms with E-state index in [9.17, 15) is 13.2 Å². The van der Waals surface area contributed by atoms with Crippen LogP contribution in [-0.2, 0) is 14.8 Å². The highest BCUT2D eigenvalue weighted by atomic mass is 32.2. The molecule has 0 spiro atoms. The summed E-state index contributed by atoms with van der Waals surface area (Å²) < 4.78 is 34.7. The lowest BCUT2D eigenvalue weighted by atomic mass is 10.0. The molecular formula is C26H31N3O4S2. The highest BCUT2D eigenvalue weighted by Gasteiger charge is 2.30. The monoisotopic (exact) mass is 513 g/mol. The largest absolute Gasteiger partial charge is 0.376 e. The normalized spacial score (nSPS) is 21.4. The maximum absolute atomic E-state index is 13.7. The number of anilines is 1. The van der Waals surface area contributed by atoms with Gasteiger partial charge in [0.25, 0.3) is 5.91 Å². The van der Waals surface area contributed by atoms with Crippen LogP contribution >= 0.6 is 11.3 Å². The number of hydrogen-bond acceptors (Lipinski definition) is 6. The molecule has 5 rings (SSSR count). The average molecular weight is 514 g/mol. The van der Waals surface area contributed by atoms with E-state index in [-0.39, 0.29) is 16.9 Å². The second-order valence-electron chi connectivity index (χ2n) is 9.65. The highest BCUT2D eigenvalue weighted by Crippen LogP contribution is 2.32. The molecule has 9 heteroatoms. The van der Waals surface area contributed by atoms with Crippen molar-refractivity contribution in [2.75, 3.05) is 31.1 Å². The van der Waals surface area contributed by atoms with Crippen LogP contribution in [0.15, 0.2) is 47.4 Å². The van der Waals surface area contributed by atoms with Crippen molar-refractivity contribution < 1.29 is 17.9 Å². The van der Waals surface area contributed by atoms with E-state index in [1.807, 2.05) is 19.1 Å².